The molecule has 1 saturated carbocycles. The van der Waals surface area contributed by atoms with Crippen LogP contribution in [-0.2, 0) is 11.2 Å². The summed E-state index contributed by atoms with van der Waals surface area (Å²) >= 11 is 0. The van der Waals surface area contributed by atoms with E-state index in [4.69, 9.17) is 0 Å². The Morgan fingerprint density at radius 1 is 1.17 bits per heavy atom. The zero-order valence-electron chi connectivity index (χ0n) is 10.6. The number of rotatable bonds is 3. The van der Waals surface area contributed by atoms with Crippen molar-refractivity contribution >= 4 is 5.97 Å². The Bertz CT molecular complexity index is 418. The van der Waals surface area contributed by atoms with E-state index in [-0.39, 0.29) is 5.75 Å². The number of benzene rings is 1. The molecule has 18 heavy (non-hydrogen) atoms. The van der Waals surface area contributed by atoms with E-state index in [1.54, 1.807) is 18.2 Å². The molecule has 1 aromatic rings. The quantitative estimate of drug-likeness (QED) is 0.806. The molecule has 0 atom stereocenters. The first-order valence-corrected chi connectivity index (χ1v) is 6.64. The first-order chi connectivity index (χ1) is 8.62. The van der Waals surface area contributed by atoms with Gasteiger partial charge in [-0.05, 0) is 37.0 Å². The molecule has 0 spiro atoms. The summed E-state index contributed by atoms with van der Waals surface area (Å²) < 4.78 is 0. The fourth-order valence-corrected chi connectivity index (χ4v) is 2.93. The largest absolute Gasteiger partial charge is 0.508 e. The zero-order chi connectivity index (χ0) is 13.0. The molecule has 0 heterocycles. The molecule has 1 aliphatic carbocycles. The van der Waals surface area contributed by atoms with Crippen molar-refractivity contribution in [1.82, 2.24) is 0 Å². The number of carboxylic acids is 1. The Morgan fingerprint density at radius 3 is 2.39 bits per heavy atom. The minimum atomic E-state index is -0.687. The fourth-order valence-electron chi connectivity index (χ4n) is 2.93. The topological polar surface area (TPSA) is 57.5 Å². The van der Waals surface area contributed by atoms with Crippen molar-refractivity contribution in [3.05, 3.63) is 29.8 Å². The van der Waals surface area contributed by atoms with Crippen LogP contribution in [0.1, 0.15) is 44.1 Å². The second-order valence-corrected chi connectivity index (χ2v) is 5.35. The maximum absolute atomic E-state index is 11.7. The van der Waals surface area contributed by atoms with Crippen LogP contribution in [0.5, 0.6) is 5.75 Å². The molecular weight excluding hydrogens is 228 g/mol. The second-order valence-electron chi connectivity index (χ2n) is 5.35. The van der Waals surface area contributed by atoms with Crippen LogP contribution in [0.25, 0.3) is 0 Å². The summed E-state index contributed by atoms with van der Waals surface area (Å²) in [7, 11) is 0. The van der Waals surface area contributed by atoms with Gasteiger partial charge in [0.1, 0.15) is 5.75 Å². The number of aromatic hydroxyl groups is 1. The van der Waals surface area contributed by atoms with Crippen LogP contribution < -0.4 is 0 Å². The van der Waals surface area contributed by atoms with Crippen molar-refractivity contribution in [2.45, 2.75) is 44.9 Å². The van der Waals surface area contributed by atoms with Crippen LogP contribution in [0.4, 0.5) is 0 Å². The number of phenolic OH excluding ortho intramolecular Hbond substituents is 1. The molecule has 0 amide bonds. The summed E-state index contributed by atoms with van der Waals surface area (Å²) in [5.74, 6) is -0.477. The molecule has 0 bridgehead atoms. The molecule has 3 heteroatoms. The smallest absolute Gasteiger partial charge is 0.309 e. The van der Waals surface area contributed by atoms with Crippen molar-refractivity contribution in [3.63, 3.8) is 0 Å². The van der Waals surface area contributed by atoms with E-state index in [1.807, 2.05) is 6.07 Å². The molecular formula is C15H20O3. The maximum atomic E-state index is 11.7. The molecule has 1 aromatic carbocycles. The number of hydrogen-bond donors (Lipinski definition) is 2. The van der Waals surface area contributed by atoms with Gasteiger partial charge in [0.2, 0.25) is 0 Å². The SMILES string of the molecule is O=C(O)C1(Cc2cccc(O)c2)CCCCCC1. The summed E-state index contributed by atoms with van der Waals surface area (Å²) in [6, 6.07) is 6.96. The van der Waals surface area contributed by atoms with Crippen LogP contribution in [0.15, 0.2) is 24.3 Å². The molecule has 2 N–H and O–H groups in total. The molecule has 0 aromatic heterocycles. The monoisotopic (exact) mass is 248 g/mol. The standard InChI is InChI=1S/C15H20O3/c16-13-7-5-6-12(10-13)11-15(14(17)18)8-3-1-2-4-9-15/h5-7,10,16H,1-4,8-9,11H2,(H,17,18). The van der Waals surface area contributed by atoms with E-state index < -0.39 is 11.4 Å². The molecule has 98 valence electrons. The van der Waals surface area contributed by atoms with Crippen molar-refractivity contribution in [2.24, 2.45) is 5.41 Å². The normalized spacial score (nSPS) is 19.1. The van der Waals surface area contributed by atoms with Gasteiger partial charge in [0, 0.05) is 0 Å². The first kappa shape index (κ1) is 12.9. The van der Waals surface area contributed by atoms with Crippen LogP contribution >= 0.6 is 0 Å². The minimum absolute atomic E-state index is 0.210. The average Bonchev–Trinajstić information content (AvgIpc) is 2.55. The van der Waals surface area contributed by atoms with E-state index in [2.05, 4.69) is 0 Å². The second kappa shape index (κ2) is 5.42. The third-order valence-corrected chi connectivity index (χ3v) is 3.97. The van der Waals surface area contributed by atoms with E-state index in [0.29, 0.717) is 6.42 Å². The van der Waals surface area contributed by atoms with Crippen molar-refractivity contribution in [3.8, 4) is 5.75 Å². The predicted octanol–water partition coefficient (Wildman–Crippen LogP) is 3.36. The van der Waals surface area contributed by atoms with Crippen LogP contribution in [0.3, 0.4) is 0 Å². The van der Waals surface area contributed by atoms with Crippen molar-refractivity contribution in [2.75, 3.05) is 0 Å². The molecule has 0 radical (unpaired) electrons. The van der Waals surface area contributed by atoms with Gasteiger partial charge in [0.05, 0.1) is 5.41 Å². The number of carboxylic acid groups (broad SMARTS) is 1. The Kier molecular flexibility index (Phi) is 3.90. The predicted molar refractivity (Wildman–Crippen MR) is 69.6 cm³/mol. The van der Waals surface area contributed by atoms with E-state index in [1.165, 1.54) is 0 Å². The summed E-state index contributed by atoms with van der Waals surface area (Å²) in [6.07, 6.45) is 6.27. The summed E-state index contributed by atoms with van der Waals surface area (Å²) in [5.41, 5.74) is 0.281. The average molecular weight is 248 g/mol. The number of carbonyl (C=O) groups is 1. The highest BCUT2D eigenvalue weighted by atomic mass is 16.4. The fraction of sp³-hybridized carbons (Fsp3) is 0.533. The minimum Gasteiger partial charge on any atom is -0.508 e. The Hall–Kier alpha value is -1.51. The van der Waals surface area contributed by atoms with E-state index in [0.717, 1.165) is 44.1 Å². The summed E-state index contributed by atoms with van der Waals surface area (Å²) in [5, 5.41) is 19.1. The van der Waals surface area contributed by atoms with Gasteiger partial charge in [0.15, 0.2) is 0 Å². The highest BCUT2D eigenvalue weighted by Crippen LogP contribution is 2.38. The lowest BCUT2D eigenvalue weighted by molar-refractivity contribution is -0.149. The highest BCUT2D eigenvalue weighted by Gasteiger charge is 2.38. The lowest BCUT2D eigenvalue weighted by Crippen LogP contribution is -2.32. The molecule has 3 nitrogen and oxygen atoms in total. The van der Waals surface area contributed by atoms with Gasteiger partial charge in [-0.3, -0.25) is 4.79 Å². The molecule has 2 rings (SSSR count). The highest BCUT2D eigenvalue weighted by molar-refractivity contribution is 5.75. The summed E-state index contributed by atoms with van der Waals surface area (Å²) in [6.45, 7) is 0. The van der Waals surface area contributed by atoms with E-state index >= 15 is 0 Å². The third-order valence-electron chi connectivity index (χ3n) is 3.97. The van der Waals surface area contributed by atoms with Gasteiger partial charge in [-0.2, -0.15) is 0 Å². The van der Waals surface area contributed by atoms with Gasteiger partial charge in [-0.25, -0.2) is 0 Å². The summed E-state index contributed by atoms with van der Waals surface area (Å²) in [4.78, 5) is 11.7. The zero-order valence-corrected chi connectivity index (χ0v) is 10.6. The number of aliphatic carboxylic acids is 1. The van der Waals surface area contributed by atoms with Gasteiger partial charge < -0.3 is 10.2 Å². The van der Waals surface area contributed by atoms with Gasteiger partial charge in [-0.15, -0.1) is 0 Å². The Labute approximate surface area is 107 Å². The number of phenols is 1. The van der Waals surface area contributed by atoms with Crippen LogP contribution in [0, 0.1) is 5.41 Å². The van der Waals surface area contributed by atoms with Crippen molar-refractivity contribution in [1.29, 1.82) is 0 Å². The van der Waals surface area contributed by atoms with Gasteiger partial charge in [0.25, 0.3) is 0 Å². The molecule has 1 aliphatic rings. The Balaban J connectivity index is 2.22. The van der Waals surface area contributed by atoms with Gasteiger partial charge in [-0.1, -0.05) is 37.8 Å². The Morgan fingerprint density at radius 2 is 1.83 bits per heavy atom. The third kappa shape index (κ3) is 2.84. The molecule has 0 saturated heterocycles. The lowest BCUT2D eigenvalue weighted by Gasteiger charge is -2.28. The van der Waals surface area contributed by atoms with Crippen LogP contribution in [0.2, 0.25) is 0 Å². The lowest BCUT2D eigenvalue weighted by atomic mass is 9.75. The molecule has 0 unspecified atom stereocenters. The molecule has 1 fully saturated rings. The van der Waals surface area contributed by atoms with Crippen LogP contribution in [-0.4, -0.2) is 16.2 Å². The first-order valence-electron chi connectivity index (χ1n) is 6.64. The molecule has 0 aliphatic heterocycles. The number of hydrogen-bond acceptors (Lipinski definition) is 2. The maximum Gasteiger partial charge on any atom is 0.309 e. The van der Waals surface area contributed by atoms with E-state index in [9.17, 15) is 15.0 Å². The van der Waals surface area contributed by atoms with Gasteiger partial charge >= 0.3 is 5.97 Å². The van der Waals surface area contributed by atoms with Crippen molar-refractivity contribution < 1.29 is 15.0 Å².